The third-order valence-corrected chi connectivity index (χ3v) is 1.14. The maximum Gasteiger partial charge on any atom is 0.156 e. The summed E-state index contributed by atoms with van der Waals surface area (Å²) in [5.41, 5.74) is 0.737. The molecule has 1 atom stereocenters. The minimum Gasteiger partial charge on any atom is -0.392 e. The third-order valence-electron chi connectivity index (χ3n) is 1.14. The van der Waals surface area contributed by atoms with Crippen molar-refractivity contribution < 1.29 is 14.7 Å². The van der Waals surface area contributed by atoms with Crippen molar-refractivity contribution in [3.63, 3.8) is 0 Å². The monoisotopic (exact) mass is 176 g/mol. The molecule has 0 radical (unpaired) electrons. The summed E-state index contributed by atoms with van der Waals surface area (Å²) in [5.74, 6) is 0. The van der Waals surface area contributed by atoms with Crippen LogP contribution in [0.5, 0.6) is 0 Å². The minimum absolute atomic E-state index is 0.136. The number of ether oxygens (including phenoxy) is 1. The summed E-state index contributed by atoms with van der Waals surface area (Å²) >= 11 is 0. The number of nitrogens with zero attached hydrogens (tertiary/aromatic N) is 1. The molecular formula is C7H16N2O3. The molecule has 0 aliphatic carbocycles. The lowest BCUT2D eigenvalue weighted by atomic mass is 10.5. The molecule has 0 aromatic heterocycles. The molecule has 12 heavy (non-hydrogen) atoms. The van der Waals surface area contributed by atoms with Crippen molar-refractivity contribution in [1.29, 1.82) is 0 Å². The van der Waals surface area contributed by atoms with Crippen LogP contribution in [0.3, 0.4) is 0 Å². The lowest BCUT2D eigenvalue weighted by Gasteiger charge is -2.07. The van der Waals surface area contributed by atoms with Crippen molar-refractivity contribution in [3.8, 4) is 0 Å². The molecule has 0 fully saturated rings. The van der Waals surface area contributed by atoms with Crippen LogP contribution in [-0.4, -0.2) is 44.4 Å². The Kier molecular flexibility index (Phi) is 6.64. The minimum atomic E-state index is -0.677. The summed E-state index contributed by atoms with van der Waals surface area (Å²) in [4.78, 5) is 4.80. The fourth-order valence-electron chi connectivity index (χ4n) is 0.537. The van der Waals surface area contributed by atoms with Crippen molar-refractivity contribution in [2.75, 3.05) is 27.4 Å². The first-order chi connectivity index (χ1) is 5.70. The Labute approximate surface area is 72.3 Å². The number of hydrogen-bond donors (Lipinski definition) is 2. The zero-order chi connectivity index (χ0) is 9.40. The predicted molar refractivity (Wildman–Crippen MR) is 46.0 cm³/mol. The van der Waals surface area contributed by atoms with Crippen molar-refractivity contribution in [1.82, 2.24) is 5.32 Å². The fraction of sp³-hybridized carbons (Fsp3) is 0.857. The zero-order valence-corrected chi connectivity index (χ0v) is 7.70. The molecule has 0 saturated heterocycles. The smallest absolute Gasteiger partial charge is 0.156 e. The molecule has 0 heterocycles. The first kappa shape index (κ1) is 11.4. The molecule has 0 aliphatic rings. The second-order valence-electron chi connectivity index (χ2n) is 2.36. The summed E-state index contributed by atoms with van der Waals surface area (Å²) in [6.07, 6.45) is -0.677. The topological polar surface area (TPSA) is 63.1 Å². The highest BCUT2D eigenvalue weighted by atomic mass is 16.6. The van der Waals surface area contributed by atoms with Crippen LogP contribution in [0.2, 0.25) is 0 Å². The number of methoxy groups -OCH3 is 1. The second-order valence-corrected chi connectivity index (χ2v) is 2.36. The summed E-state index contributed by atoms with van der Waals surface area (Å²) < 4.78 is 4.80. The molecule has 2 N–H and O–H groups in total. The Bertz CT molecular complexity index is 139. The molecular weight excluding hydrogens is 160 g/mol. The van der Waals surface area contributed by atoms with E-state index in [9.17, 15) is 0 Å². The van der Waals surface area contributed by atoms with Gasteiger partial charge in [-0.25, -0.2) is 0 Å². The lowest BCUT2D eigenvalue weighted by molar-refractivity contribution is 0.0250. The average molecular weight is 176 g/mol. The number of rotatable bonds is 6. The molecule has 0 spiro atoms. The molecule has 0 aromatic carbocycles. The number of hydrogen-bond acceptors (Lipinski definition) is 5. The quantitative estimate of drug-likeness (QED) is 0.327. The van der Waals surface area contributed by atoms with Gasteiger partial charge in [-0.1, -0.05) is 5.16 Å². The normalized spacial score (nSPS) is 14.5. The van der Waals surface area contributed by atoms with E-state index in [0.29, 0.717) is 6.61 Å². The van der Waals surface area contributed by atoms with E-state index in [-0.39, 0.29) is 6.61 Å². The van der Waals surface area contributed by atoms with Crippen LogP contribution in [-0.2, 0) is 9.57 Å². The first-order valence-electron chi connectivity index (χ1n) is 3.70. The molecule has 1 unspecified atom stereocenters. The molecule has 0 saturated carbocycles. The third kappa shape index (κ3) is 6.09. The van der Waals surface area contributed by atoms with E-state index >= 15 is 0 Å². The van der Waals surface area contributed by atoms with E-state index in [2.05, 4.69) is 10.5 Å². The van der Waals surface area contributed by atoms with E-state index < -0.39 is 6.23 Å². The Morgan fingerprint density at radius 2 is 2.33 bits per heavy atom. The fourth-order valence-corrected chi connectivity index (χ4v) is 0.537. The Balaban J connectivity index is 3.45. The van der Waals surface area contributed by atoms with Gasteiger partial charge in [-0.05, 0) is 14.0 Å². The van der Waals surface area contributed by atoms with E-state index in [1.54, 1.807) is 21.1 Å². The van der Waals surface area contributed by atoms with Gasteiger partial charge in [-0.15, -0.1) is 0 Å². The highest BCUT2D eigenvalue weighted by molar-refractivity contribution is 5.82. The van der Waals surface area contributed by atoms with Crippen LogP contribution >= 0.6 is 0 Å². The number of oxime groups is 1. The second kappa shape index (κ2) is 7.02. The summed E-state index contributed by atoms with van der Waals surface area (Å²) in [6, 6.07) is 0. The van der Waals surface area contributed by atoms with Gasteiger partial charge in [0.05, 0.1) is 12.3 Å². The van der Waals surface area contributed by atoms with Gasteiger partial charge in [0.25, 0.3) is 0 Å². The summed E-state index contributed by atoms with van der Waals surface area (Å²) in [7, 11) is 3.22. The van der Waals surface area contributed by atoms with E-state index in [0.717, 1.165) is 5.71 Å². The van der Waals surface area contributed by atoms with Crippen LogP contribution in [0.15, 0.2) is 5.16 Å². The largest absolute Gasteiger partial charge is 0.392 e. The van der Waals surface area contributed by atoms with E-state index in [4.69, 9.17) is 14.7 Å². The van der Waals surface area contributed by atoms with Crippen LogP contribution in [0.1, 0.15) is 6.92 Å². The molecule has 0 aromatic rings. The Morgan fingerprint density at radius 3 is 2.83 bits per heavy atom. The van der Waals surface area contributed by atoms with Gasteiger partial charge >= 0.3 is 0 Å². The molecule has 0 aliphatic heterocycles. The first-order valence-corrected chi connectivity index (χ1v) is 3.70. The van der Waals surface area contributed by atoms with Crippen LogP contribution in [0, 0.1) is 0 Å². The van der Waals surface area contributed by atoms with Gasteiger partial charge in [-0.3, -0.25) is 5.32 Å². The average Bonchev–Trinajstić information content (AvgIpc) is 2.04. The zero-order valence-electron chi connectivity index (χ0n) is 7.70. The SMILES string of the molecule is CNC(O)CO/N=C(\C)COC. The number of aliphatic hydroxyl groups excluding tert-OH is 1. The number of nitrogens with one attached hydrogen (secondary N) is 1. The molecule has 0 bridgehead atoms. The summed E-state index contributed by atoms with van der Waals surface area (Å²) in [6.45, 7) is 2.36. The Morgan fingerprint density at radius 1 is 1.67 bits per heavy atom. The number of likely N-dealkylation sites (N-methyl/N-ethyl adjacent to an activating group) is 1. The van der Waals surface area contributed by atoms with Gasteiger partial charge in [0.2, 0.25) is 0 Å². The van der Waals surface area contributed by atoms with Gasteiger partial charge < -0.3 is 14.7 Å². The molecule has 5 nitrogen and oxygen atoms in total. The lowest BCUT2D eigenvalue weighted by Crippen LogP contribution is -2.29. The molecule has 0 amide bonds. The van der Waals surface area contributed by atoms with Crippen molar-refractivity contribution in [3.05, 3.63) is 0 Å². The molecule has 5 heteroatoms. The highest BCUT2D eigenvalue weighted by Gasteiger charge is 1.98. The Hall–Kier alpha value is -0.650. The van der Waals surface area contributed by atoms with Crippen LogP contribution in [0.4, 0.5) is 0 Å². The van der Waals surface area contributed by atoms with Gasteiger partial charge in [0.1, 0.15) is 6.23 Å². The molecule has 72 valence electrons. The van der Waals surface area contributed by atoms with E-state index in [1.807, 2.05) is 0 Å². The van der Waals surface area contributed by atoms with E-state index in [1.165, 1.54) is 0 Å². The predicted octanol–water partition coefficient (Wildman–Crippen LogP) is -0.437. The summed E-state index contributed by atoms with van der Waals surface area (Å²) in [5, 5.41) is 15.3. The standard InChI is InChI=1S/C7H16N2O3/c1-6(4-11-3)9-12-5-7(10)8-2/h7-8,10H,4-5H2,1-3H3/b9-6+. The number of aliphatic hydroxyl groups is 1. The highest BCUT2D eigenvalue weighted by Crippen LogP contribution is 1.84. The van der Waals surface area contributed by atoms with Crippen LogP contribution in [0.25, 0.3) is 0 Å². The van der Waals surface area contributed by atoms with Crippen molar-refractivity contribution >= 4 is 5.71 Å². The van der Waals surface area contributed by atoms with Crippen molar-refractivity contribution in [2.24, 2.45) is 5.16 Å². The maximum absolute atomic E-state index is 8.96. The van der Waals surface area contributed by atoms with Crippen LogP contribution < -0.4 is 5.32 Å². The van der Waals surface area contributed by atoms with Gasteiger partial charge in [-0.2, -0.15) is 0 Å². The van der Waals surface area contributed by atoms with Gasteiger partial charge in [0.15, 0.2) is 6.61 Å². The molecule has 0 rings (SSSR count). The van der Waals surface area contributed by atoms with Crippen molar-refractivity contribution in [2.45, 2.75) is 13.2 Å². The maximum atomic E-state index is 8.96. The van der Waals surface area contributed by atoms with Gasteiger partial charge in [0, 0.05) is 7.11 Å².